The molecule has 0 bridgehead atoms. The first kappa shape index (κ1) is 13.1. The summed E-state index contributed by atoms with van der Waals surface area (Å²) in [6, 6.07) is 7.93. The number of hydrogen-bond donors (Lipinski definition) is 1. The van der Waals surface area contributed by atoms with Crippen molar-refractivity contribution in [2.45, 2.75) is 13.3 Å². The highest BCUT2D eigenvalue weighted by molar-refractivity contribution is 7.80. The highest BCUT2D eigenvalue weighted by atomic mass is 32.1. The molecule has 0 unspecified atom stereocenters. The fraction of sp³-hybridized carbons (Fsp3) is 0.214. The minimum atomic E-state index is 0.401. The van der Waals surface area contributed by atoms with Crippen LogP contribution in [0.4, 0.5) is 0 Å². The van der Waals surface area contributed by atoms with Crippen LogP contribution >= 0.6 is 23.6 Å². The van der Waals surface area contributed by atoms with E-state index in [1.807, 2.05) is 25.1 Å². The molecule has 1 heterocycles. The zero-order valence-corrected chi connectivity index (χ0v) is 11.8. The Kier molecular flexibility index (Phi) is 4.33. The van der Waals surface area contributed by atoms with E-state index in [0.717, 1.165) is 23.3 Å². The lowest BCUT2D eigenvalue weighted by molar-refractivity contribution is 0.320. The summed E-state index contributed by atoms with van der Waals surface area (Å²) < 4.78 is 5.79. The summed E-state index contributed by atoms with van der Waals surface area (Å²) >= 11 is 6.67. The minimum absolute atomic E-state index is 0.401. The van der Waals surface area contributed by atoms with Gasteiger partial charge in [-0.2, -0.15) is 11.3 Å². The normalized spacial score (nSPS) is 10.3. The number of thiophene rings is 1. The average Bonchev–Trinajstić information content (AvgIpc) is 2.84. The fourth-order valence-electron chi connectivity index (χ4n) is 1.62. The monoisotopic (exact) mass is 277 g/mol. The summed E-state index contributed by atoms with van der Waals surface area (Å²) in [6.07, 6.45) is 0.917. The van der Waals surface area contributed by atoms with Crippen LogP contribution in [0, 0.1) is 6.92 Å². The molecule has 0 amide bonds. The van der Waals surface area contributed by atoms with Crippen LogP contribution in [0.25, 0.3) is 0 Å². The first-order valence-corrected chi connectivity index (χ1v) is 7.06. The molecule has 4 heteroatoms. The maximum absolute atomic E-state index is 5.79. The number of aryl methyl sites for hydroxylation is 1. The lowest BCUT2D eigenvalue weighted by Gasteiger charge is -2.10. The van der Waals surface area contributed by atoms with Crippen molar-refractivity contribution < 1.29 is 4.74 Å². The van der Waals surface area contributed by atoms with Crippen LogP contribution in [0.2, 0.25) is 0 Å². The second-order valence-corrected chi connectivity index (χ2v) is 5.29. The SMILES string of the molecule is Cc1ccc(C(N)=S)cc1OCCc1ccsc1. The molecule has 0 aliphatic rings. The Morgan fingerprint density at radius 3 is 2.89 bits per heavy atom. The summed E-state index contributed by atoms with van der Waals surface area (Å²) in [5.41, 5.74) is 8.87. The van der Waals surface area contributed by atoms with E-state index in [1.54, 1.807) is 11.3 Å². The number of rotatable bonds is 5. The quantitative estimate of drug-likeness (QED) is 0.852. The molecule has 0 radical (unpaired) electrons. The first-order valence-electron chi connectivity index (χ1n) is 5.71. The van der Waals surface area contributed by atoms with E-state index in [1.165, 1.54) is 5.56 Å². The Bertz CT molecular complexity index is 535. The van der Waals surface area contributed by atoms with Gasteiger partial charge in [0.2, 0.25) is 0 Å². The standard InChI is InChI=1S/C14H15NOS2/c1-10-2-3-12(14(15)17)8-13(10)16-6-4-11-5-7-18-9-11/h2-3,5,7-9H,4,6H2,1H3,(H2,15,17). The van der Waals surface area contributed by atoms with Gasteiger partial charge in [-0.15, -0.1) is 0 Å². The van der Waals surface area contributed by atoms with Gasteiger partial charge in [-0.3, -0.25) is 0 Å². The Labute approximate surface area is 116 Å². The largest absolute Gasteiger partial charge is 0.493 e. The lowest BCUT2D eigenvalue weighted by atomic mass is 10.1. The predicted octanol–water partition coefficient (Wildman–Crippen LogP) is 3.31. The number of nitrogens with two attached hydrogens (primary N) is 1. The Morgan fingerprint density at radius 1 is 1.39 bits per heavy atom. The zero-order valence-electron chi connectivity index (χ0n) is 10.2. The third kappa shape index (κ3) is 3.31. The maximum atomic E-state index is 5.79. The molecule has 2 N–H and O–H groups in total. The third-order valence-electron chi connectivity index (χ3n) is 2.70. The van der Waals surface area contributed by atoms with Crippen LogP contribution in [-0.4, -0.2) is 11.6 Å². The molecule has 94 valence electrons. The molecule has 0 spiro atoms. The molecule has 0 aliphatic heterocycles. The number of hydrogen-bond acceptors (Lipinski definition) is 3. The predicted molar refractivity (Wildman–Crippen MR) is 80.6 cm³/mol. The van der Waals surface area contributed by atoms with E-state index in [4.69, 9.17) is 22.7 Å². The average molecular weight is 277 g/mol. The Morgan fingerprint density at radius 2 is 2.22 bits per heavy atom. The van der Waals surface area contributed by atoms with E-state index < -0.39 is 0 Å². The third-order valence-corrected chi connectivity index (χ3v) is 3.67. The highest BCUT2D eigenvalue weighted by Gasteiger charge is 2.04. The van der Waals surface area contributed by atoms with Gasteiger partial charge in [0.05, 0.1) is 6.61 Å². The van der Waals surface area contributed by atoms with Crippen molar-refractivity contribution in [3.63, 3.8) is 0 Å². The second kappa shape index (κ2) is 5.98. The molecule has 0 saturated carbocycles. The van der Waals surface area contributed by atoms with Crippen molar-refractivity contribution in [2.24, 2.45) is 5.73 Å². The Balaban J connectivity index is 2.00. The zero-order chi connectivity index (χ0) is 13.0. The number of benzene rings is 1. The van der Waals surface area contributed by atoms with Crippen LogP contribution in [0.5, 0.6) is 5.75 Å². The molecule has 2 aromatic rings. The van der Waals surface area contributed by atoms with Gasteiger partial charge in [-0.1, -0.05) is 24.4 Å². The van der Waals surface area contributed by atoms with Crippen molar-refractivity contribution in [2.75, 3.05) is 6.61 Å². The molecule has 0 fully saturated rings. The van der Waals surface area contributed by atoms with Gasteiger partial charge in [-0.05, 0) is 40.9 Å². The second-order valence-electron chi connectivity index (χ2n) is 4.07. The van der Waals surface area contributed by atoms with Gasteiger partial charge in [-0.25, -0.2) is 0 Å². The first-order chi connectivity index (χ1) is 8.66. The summed E-state index contributed by atoms with van der Waals surface area (Å²) in [5, 5.41) is 4.22. The van der Waals surface area contributed by atoms with E-state index in [9.17, 15) is 0 Å². The van der Waals surface area contributed by atoms with Gasteiger partial charge in [0.25, 0.3) is 0 Å². The van der Waals surface area contributed by atoms with Crippen molar-refractivity contribution >= 4 is 28.5 Å². The highest BCUT2D eigenvalue weighted by Crippen LogP contribution is 2.20. The number of ether oxygens (including phenoxy) is 1. The van der Waals surface area contributed by atoms with Gasteiger partial charge in [0.1, 0.15) is 10.7 Å². The van der Waals surface area contributed by atoms with Crippen LogP contribution in [-0.2, 0) is 6.42 Å². The summed E-state index contributed by atoms with van der Waals surface area (Å²) in [5.74, 6) is 0.857. The van der Waals surface area contributed by atoms with Crippen LogP contribution in [0.3, 0.4) is 0 Å². The van der Waals surface area contributed by atoms with Crippen molar-refractivity contribution in [3.8, 4) is 5.75 Å². The van der Waals surface area contributed by atoms with Gasteiger partial charge < -0.3 is 10.5 Å². The molecular formula is C14H15NOS2. The fourth-order valence-corrected chi connectivity index (χ4v) is 2.45. The van der Waals surface area contributed by atoms with Crippen LogP contribution in [0.1, 0.15) is 16.7 Å². The Hall–Kier alpha value is -1.39. The van der Waals surface area contributed by atoms with Crippen molar-refractivity contribution in [1.82, 2.24) is 0 Å². The summed E-state index contributed by atoms with van der Waals surface area (Å²) in [6.45, 7) is 2.68. The minimum Gasteiger partial charge on any atom is -0.493 e. The molecule has 0 atom stereocenters. The molecule has 18 heavy (non-hydrogen) atoms. The van der Waals surface area contributed by atoms with Gasteiger partial charge in [0.15, 0.2) is 0 Å². The van der Waals surface area contributed by atoms with Crippen LogP contribution in [0.15, 0.2) is 35.0 Å². The van der Waals surface area contributed by atoms with Gasteiger partial charge >= 0.3 is 0 Å². The molecule has 1 aromatic carbocycles. The van der Waals surface area contributed by atoms with Crippen LogP contribution < -0.4 is 10.5 Å². The molecule has 0 saturated heterocycles. The smallest absolute Gasteiger partial charge is 0.122 e. The summed E-state index contributed by atoms with van der Waals surface area (Å²) in [4.78, 5) is 0.401. The molecule has 2 rings (SSSR count). The summed E-state index contributed by atoms with van der Waals surface area (Å²) in [7, 11) is 0. The molecule has 0 aliphatic carbocycles. The number of thiocarbonyl (C=S) groups is 1. The lowest BCUT2D eigenvalue weighted by Crippen LogP contribution is -2.10. The maximum Gasteiger partial charge on any atom is 0.122 e. The van der Waals surface area contributed by atoms with E-state index in [-0.39, 0.29) is 0 Å². The van der Waals surface area contributed by atoms with E-state index in [0.29, 0.717) is 11.6 Å². The molecule has 2 nitrogen and oxygen atoms in total. The van der Waals surface area contributed by atoms with E-state index in [2.05, 4.69) is 16.8 Å². The van der Waals surface area contributed by atoms with Crippen molar-refractivity contribution in [3.05, 3.63) is 51.7 Å². The van der Waals surface area contributed by atoms with E-state index >= 15 is 0 Å². The molecular weight excluding hydrogens is 262 g/mol. The topological polar surface area (TPSA) is 35.2 Å². The van der Waals surface area contributed by atoms with Gasteiger partial charge in [0, 0.05) is 12.0 Å². The van der Waals surface area contributed by atoms with Crippen molar-refractivity contribution in [1.29, 1.82) is 0 Å². The molecule has 1 aromatic heterocycles.